The molecule has 4 aliphatic rings. The summed E-state index contributed by atoms with van der Waals surface area (Å²) < 4.78 is 0. The molecule has 0 saturated heterocycles. The summed E-state index contributed by atoms with van der Waals surface area (Å²) in [5.41, 5.74) is 2.08. The molecule has 1 heteroatoms. The van der Waals surface area contributed by atoms with Gasteiger partial charge in [0, 0.05) is 5.41 Å². The molecule has 0 spiro atoms. The van der Waals surface area contributed by atoms with E-state index in [9.17, 15) is 5.11 Å². The number of fused-ring (bicyclic) bond motifs is 5. The van der Waals surface area contributed by atoms with Crippen molar-refractivity contribution in [2.75, 3.05) is 0 Å². The Morgan fingerprint density at radius 2 is 2.22 bits per heavy atom. The lowest BCUT2D eigenvalue weighted by molar-refractivity contribution is -0.0788. The zero-order valence-electron chi connectivity index (χ0n) is 14.5. The molecular formula is C22H30O. The summed E-state index contributed by atoms with van der Waals surface area (Å²) in [6.07, 6.45) is 18.6. The van der Waals surface area contributed by atoms with E-state index in [0.29, 0.717) is 17.8 Å². The maximum atomic E-state index is 11.2. The molecular weight excluding hydrogens is 280 g/mol. The van der Waals surface area contributed by atoms with Crippen molar-refractivity contribution in [3.63, 3.8) is 0 Å². The van der Waals surface area contributed by atoms with E-state index in [1.807, 2.05) is 0 Å². The van der Waals surface area contributed by atoms with Gasteiger partial charge in [0.2, 0.25) is 0 Å². The second kappa shape index (κ2) is 5.25. The number of hydrogen-bond acceptors (Lipinski definition) is 1. The molecule has 0 radical (unpaired) electrons. The zero-order chi connectivity index (χ0) is 16.2. The number of terminal acetylenes is 1. The molecule has 1 nitrogen and oxygen atoms in total. The van der Waals surface area contributed by atoms with Crippen molar-refractivity contribution in [1.82, 2.24) is 0 Å². The predicted octanol–water partition coefficient (Wildman–Crippen LogP) is 4.87. The average molecular weight is 310 g/mol. The highest BCUT2D eigenvalue weighted by Gasteiger charge is 2.64. The van der Waals surface area contributed by atoms with Gasteiger partial charge in [0.05, 0.1) is 0 Å². The Morgan fingerprint density at radius 3 is 2.96 bits per heavy atom. The molecule has 0 aromatic rings. The first kappa shape index (κ1) is 15.5. The van der Waals surface area contributed by atoms with Crippen molar-refractivity contribution in [3.8, 4) is 12.3 Å². The van der Waals surface area contributed by atoms with Gasteiger partial charge in [-0.25, -0.2) is 0 Å². The van der Waals surface area contributed by atoms with Crippen LogP contribution in [0.2, 0.25) is 0 Å². The summed E-state index contributed by atoms with van der Waals surface area (Å²) in [4.78, 5) is 0. The van der Waals surface area contributed by atoms with Crippen LogP contribution in [0.1, 0.15) is 64.7 Å². The molecule has 5 unspecified atom stereocenters. The minimum absolute atomic E-state index is 0.115. The topological polar surface area (TPSA) is 20.2 Å². The molecule has 124 valence electrons. The highest BCUT2D eigenvalue weighted by atomic mass is 16.3. The van der Waals surface area contributed by atoms with Gasteiger partial charge >= 0.3 is 0 Å². The van der Waals surface area contributed by atoms with Crippen molar-refractivity contribution in [3.05, 3.63) is 23.8 Å². The number of aliphatic hydroxyl groups is 1. The first-order valence-corrected chi connectivity index (χ1v) is 9.63. The van der Waals surface area contributed by atoms with E-state index < -0.39 is 5.60 Å². The minimum atomic E-state index is -0.914. The second-order valence-corrected chi connectivity index (χ2v) is 8.54. The van der Waals surface area contributed by atoms with Gasteiger partial charge in [-0.2, -0.15) is 0 Å². The van der Waals surface area contributed by atoms with E-state index in [-0.39, 0.29) is 5.41 Å². The fraction of sp³-hybridized carbons (Fsp3) is 0.727. The molecule has 3 fully saturated rings. The van der Waals surface area contributed by atoms with Crippen molar-refractivity contribution < 1.29 is 5.11 Å². The van der Waals surface area contributed by atoms with E-state index in [4.69, 9.17) is 6.42 Å². The Kier molecular flexibility index (Phi) is 3.54. The fourth-order valence-electron chi connectivity index (χ4n) is 7.03. The highest BCUT2D eigenvalue weighted by molar-refractivity contribution is 5.32. The van der Waals surface area contributed by atoms with Crippen LogP contribution in [-0.4, -0.2) is 10.7 Å². The molecule has 4 rings (SSSR count). The minimum Gasteiger partial charge on any atom is -0.377 e. The van der Waals surface area contributed by atoms with Crippen LogP contribution in [0.15, 0.2) is 23.8 Å². The Hall–Kier alpha value is -1.00. The van der Waals surface area contributed by atoms with Gasteiger partial charge in [-0.05, 0) is 81.5 Å². The predicted molar refractivity (Wildman–Crippen MR) is 94.6 cm³/mol. The SMILES string of the molecule is C#C[C@]1(O)CCC2C3CCC4=CCCCC4C3C(=C)CC21CC. The van der Waals surface area contributed by atoms with E-state index >= 15 is 0 Å². The Labute approximate surface area is 141 Å². The second-order valence-electron chi connectivity index (χ2n) is 8.54. The molecule has 0 amide bonds. The summed E-state index contributed by atoms with van der Waals surface area (Å²) in [5, 5.41) is 11.2. The molecule has 4 aliphatic carbocycles. The van der Waals surface area contributed by atoms with Crippen LogP contribution in [0.3, 0.4) is 0 Å². The van der Waals surface area contributed by atoms with E-state index in [0.717, 1.165) is 31.6 Å². The fourth-order valence-corrected chi connectivity index (χ4v) is 7.03. The van der Waals surface area contributed by atoms with Gasteiger partial charge < -0.3 is 5.11 Å². The maximum Gasteiger partial charge on any atom is 0.131 e. The van der Waals surface area contributed by atoms with Crippen LogP contribution in [0.25, 0.3) is 0 Å². The lowest BCUT2D eigenvalue weighted by Crippen LogP contribution is -2.54. The Morgan fingerprint density at radius 1 is 1.39 bits per heavy atom. The quantitative estimate of drug-likeness (QED) is 0.541. The molecule has 23 heavy (non-hydrogen) atoms. The van der Waals surface area contributed by atoms with Crippen molar-refractivity contribution in [2.45, 2.75) is 70.3 Å². The summed E-state index contributed by atoms with van der Waals surface area (Å²) in [6, 6.07) is 0. The van der Waals surface area contributed by atoms with Gasteiger partial charge in [-0.1, -0.05) is 36.6 Å². The van der Waals surface area contributed by atoms with Crippen LogP contribution in [0.4, 0.5) is 0 Å². The smallest absolute Gasteiger partial charge is 0.131 e. The van der Waals surface area contributed by atoms with Crippen LogP contribution < -0.4 is 0 Å². The van der Waals surface area contributed by atoms with Crippen LogP contribution >= 0.6 is 0 Å². The number of hydrogen-bond donors (Lipinski definition) is 1. The molecule has 0 aromatic heterocycles. The van der Waals surface area contributed by atoms with Gasteiger partial charge in [-0.15, -0.1) is 6.42 Å². The van der Waals surface area contributed by atoms with Gasteiger partial charge in [0.1, 0.15) is 5.60 Å². The molecule has 0 aliphatic heterocycles. The van der Waals surface area contributed by atoms with Crippen molar-refractivity contribution in [1.29, 1.82) is 0 Å². The van der Waals surface area contributed by atoms with Crippen LogP contribution in [-0.2, 0) is 0 Å². The normalized spacial score (nSPS) is 48.7. The monoisotopic (exact) mass is 310 g/mol. The third-order valence-electron chi connectivity index (χ3n) is 8.01. The molecule has 0 aromatic carbocycles. The molecule has 3 saturated carbocycles. The van der Waals surface area contributed by atoms with Crippen LogP contribution in [0, 0.1) is 41.4 Å². The zero-order valence-corrected chi connectivity index (χ0v) is 14.5. The lowest BCUT2D eigenvalue weighted by Gasteiger charge is -2.56. The highest BCUT2D eigenvalue weighted by Crippen LogP contribution is 2.67. The van der Waals surface area contributed by atoms with Crippen molar-refractivity contribution >= 4 is 0 Å². The summed E-state index contributed by atoms with van der Waals surface area (Å²) in [5.74, 6) is 5.48. The molecule has 0 bridgehead atoms. The third kappa shape index (κ3) is 1.91. The van der Waals surface area contributed by atoms with Gasteiger partial charge in [-0.3, -0.25) is 0 Å². The van der Waals surface area contributed by atoms with E-state index in [1.54, 1.807) is 5.57 Å². The first-order valence-electron chi connectivity index (χ1n) is 9.63. The summed E-state index contributed by atoms with van der Waals surface area (Å²) in [7, 11) is 0. The summed E-state index contributed by atoms with van der Waals surface area (Å²) >= 11 is 0. The Bertz CT molecular complexity index is 594. The average Bonchev–Trinajstić information content (AvgIpc) is 2.88. The van der Waals surface area contributed by atoms with Crippen molar-refractivity contribution in [2.24, 2.45) is 29.1 Å². The molecule has 6 atom stereocenters. The summed E-state index contributed by atoms with van der Waals surface area (Å²) in [6.45, 7) is 6.76. The maximum absolute atomic E-state index is 11.2. The molecule has 0 heterocycles. The number of rotatable bonds is 1. The van der Waals surface area contributed by atoms with E-state index in [1.165, 1.54) is 37.7 Å². The Balaban J connectivity index is 1.74. The standard InChI is InChI=1S/C22H30O/c1-4-21-14-15(3)20-17-9-7-6-8-16(17)10-11-18(20)19(21)12-13-22(21,23)5-2/h2,8,17-20,23H,3-4,6-7,9-14H2,1H3/t17?,18?,19?,20?,21?,22-/m0/s1. The molecule has 1 N–H and O–H groups in total. The van der Waals surface area contributed by atoms with E-state index in [2.05, 4.69) is 25.5 Å². The first-order chi connectivity index (χ1) is 11.1. The third-order valence-corrected chi connectivity index (χ3v) is 8.01. The van der Waals surface area contributed by atoms with Crippen LogP contribution in [0.5, 0.6) is 0 Å². The largest absolute Gasteiger partial charge is 0.377 e. The lowest BCUT2D eigenvalue weighted by atomic mass is 9.48. The van der Waals surface area contributed by atoms with Gasteiger partial charge in [0.15, 0.2) is 0 Å². The number of allylic oxidation sites excluding steroid dienone is 3. The van der Waals surface area contributed by atoms with Gasteiger partial charge in [0.25, 0.3) is 0 Å².